The number of aliphatic hydroxyl groups is 1. The number of hydrogen-bond acceptors (Lipinski definition) is 9. The Labute approximate surface area is 193 Å². The quantitative estimate of drug-likeness (QED) is 0.353. The van der Waals surface area contributed by atoms with Gasteiger partial charge >= 0.3 is 0 Å². The monoisotopic (exact) mass is 482 g/mol. The minimum absolute atomic E-state index is 0.00258. The Bertz CT molecular complexity index is 1000. The number of carbonyl (C=O) groups is 1. The number of nitrogens with zero attached hydrogens (tertiary/aromatic N) is 2. The van der Waals surface area contributed by atoms with Crippen LogP contribution in [0.25, 0.3) is 0 Å². The minimum atomic E-state index is -3.66. The van der Waals surface area contributed by atoms with Gasteiger partial charge in [0.05, 0.1) is 30.6 Å². The van der Waals surface area contributed by atoms with E-state index in [1.54, 1.807) is 18.3 Å². The maximum absolute atomic E-state index is 11.2. The number of aromatic nitrogens is 1. The van der Waals surface area contributed by atoms with E-state index in [0.717, 1.165) is 17.8 Å². The van der Waals surface area contributed by atoms with Crippen LogP contribution in [0.3, 0.4) is 0 Å². The first-order chi connectivity index (χ1) is 15.8. The van der Waals surface area contributed by atoms with E-state index in [1.165, 1.54) is 13.0 Å². The number of aromatic hydroxyl groups is 1. The van der Waals surface area contributed by atoms with Crippen LogP contribution in [0.4, 0.5) is 0 Å². The lowest BCUT2D eigenvalue weighted by atomic mass is 10.1. The van der Waals surface area contributed by atoms with Gasteiger partial charge in [0, 0.05) is 38.0 Å². The molecular formula is C22H30N2O8S. The van der Waals surface area contributed by atoms with Gasteiger partial charge in [-0.15, -0.1) is 0 Å². The van der Waals surface area contributed by atoms with E-state index < -0.39 is 10.1 Å². The number of aldehydes is 1. The molecule has 1 fully saturated rings. The maximum atomic E-state index is 11.2. The third-order valence-electron chi connectivity index (χ3n) is 5.01. The fourth-order valence-corrected chi connectivity index (χ4v) is 3.18. The maximum Gasteiger partial charge on any atom is 0.264 e. The second-order valence-electron chi connectivity index (χ2n) is 7.27. The molecule has 2 heterocycles. The second-order valence-corrected chi connectivity index (χ2v) is 9.01. The standard InChI is InChI=1S/C20H24N2O5.C2H6O3S/c23-9-6-18-15(3-2-7-21-18)11-22-8-10-26-13-16(22)14-27-20-5-1-4-19(25)17(20)12-24;1-2-6(3,4)5/h1-5,7,12,16,23,25H,6,8-11,13-14H2;2H2,1H3,(H,3,4,5)/t16-;/m0./s1. The normalized spacial score (nSPS) is 16.5. The van der Waals surface area contributed by atoms with Gasteiger partial charge in [-0.25, -0.2) is 0 Å². The van der Waals surface area contributed by atoms with Gasteiger partial charge in [0.1, 0.15) is 18.1 Å². The summed E-state index contributed by atoms with van der Waals surface area (Å²) in [6.45, 7) is 4.35. The molecule has 0 radical (unpaired) electrons. The first kappa shape index (κ1) is 26.7. The van der Waals surface area contributed by atoms with Crippen molar-refractivity contribution in [3.05, 3.63) is 53.3 Å². The Balaban J connectivity index is 0.000000569. The molecule has 1 saturated heterocycles. The highest BCUT2D eigenvalue weighted by molar-refractivity contribution is 7.85. The highest BCUT2D eigenvalue weighted by atomic mass is 32.2. The topological polar surface area (TPSA) is 146 Å². The molecule has 10 nitrogen and oxygen atoms in total. The highest BCUT2D eigenvalue weighted by Gasteiger charge is 2.25. The van der Waals surface area contributed by atoms with Crippen molar-refractivity contribution in [2.45, 2.75) is 25.9 Å². The predicted molar refractivity (Wildman–Crippen MR) is 121 cm³/mol. The molecule has 0 amide bonds. The average Bonchev–Trinajstić information content (AvgIpc) is 2.80. The Hall–Kier alpha value is -2.57. The van der Waals surface area contributed by atoms with Crippen LogP contribution in [-0.4, -0.2) is 84.1 Å². The fraction of sp³-hybridized carbons (Fsp3) is 0.455. The first-order valence-corrected chi connectivity index (χ1v) is 12.1. The number of phenolic OH excluding ortho intramolecular Hbond substituents is 1. The molecule has 1 aromatic heterocycles. The summed E-state index contributed by atoms with van der Waals surface area (Å²) in [7, 11) is -3.66. The van der Waals surface area contributed by atoms with Crippen molar-refractivity contribution in [2.24, 2.45) is 0 Å². The zero-order chi connectivity index (χ0) is 24.3. The lowest BCUT2D eigenvalue weighted by molar-refractivity contribution is -0.0276. The third kappa shape index (κ3) is 8.71. The molecule has 0 unspecified atom stereocenters. The largest absolute Gasteiger partial charge is 0.507 e. The van der Waals surface area contributed by atoms with Crippen LogP contribution in [0.15, 0.2) is 36.5 Å². The number of rotatable bonds is 9. The molecule has 0 aliphatic carbocycles. The molecule has 3 N–H and O–H groups in total. The van der Waals surface area contributed by atoms with E-state index in [9.17, 15) is 23.4 Å². The fourth-order valence-electron chi connectivity index (χ4n) is 3.18. The SMILES string of the molecule is CCS(=O)(=O)O.O=Cc1c(O)cccc1OC[C@@H]1COCCN1Cc1cccnc1CCO. The lowest BCUT2D eigenvalue weighted by Gasteiger charge is -2.35. The van der Waals surface area contributed by atoms with Gasteiger partial charge in [-0.1, -0.05) is 12.1 Å². The number of pyridine rings is 1. The summed E-state index contributed by atoms with van der Waals surface area (Å²) in [5.41, 5.74) is 2.12. The number of benzene rings is 1. The van der Waals surface area contributed by atoms with E-state index in [1.807, 2.05) is 12.1 Å². The van der Waals surface area contributed by atoms with Gasteiger partial charge in [-0.3, -0.25) is 19.2 Å². The molecule has 182 valence electrons. The van der Waals surface area contributed by atoms with Gasteiger partial charge in [0.15, 0.2) is 6.29 Å². The highest BCUT2D eigenvalue weighted by Crippen LogP contribution is 2.26. The minimum Gasteiger partial charge on any atom is -0.507 e. The van der Waals surface area contributed by atoms with Crippen molar-refractivity contribution in [1.29, 1.82) is 0 Å². The molecule has 0 spiro atoms. The predicted octanol–water partition coefficient (Wildman–Crippen LogP) is 1.31. The molecule has 3 rings (SSSR count). The summed E-state index contributed by atoms with van der Waals surface area (Å²) in [6.07, 6.45) is 2.85. The number of carbonyl (C=O) groups excluding carboxylic acids is 1. The number of ether oxygens (including phenoxy) is 2. The second kappa shape index (κ2) is 13.2. The van der Waals surface area contributed by atoms with Gasteiger partial charge in [0.2, 0.25) is 0 Å². The zero-order valence-electron chi connectivity index (χ0n) is 18.5. The Morgan fingerprint density at radius 2 is 2.06 bits per heavy atom. The van der Waals surface area contributed by atoms with Crippen LogP contribution in [0.2, 0.25) is 0 Å². The van der Waals surface area contributed by atoms with Gasteiger partial charge in [-0.2, -0.15) is 8.42 Å². The van der Waals surface area contributed by atoms with E-state index in [-0.39, 0.29) is 29.7 Å². The van der Waals surface area contributed by atoms with E-state index in [2.05, 4.69) is 9.88 Å². The van der Waals surface area contributed by atoms with Crippen molar-refractivity contribution in [3.8, 4) is 11.5 Å². The van der Waals surface area contributed by atoms with E-state index in [0.29, 0.717) is 44.8 Å². The Kier molecular flexibility index (Phi) is 10.7. The summed E-state index contributed by atoms with van der Waals surface area (Å²) in [5.74, 6) is 0.0635. The molecule has 1 atom stereocenters. The summed E-state index contributed by atoms with van der Waals surface area (Å²) in [6, 6.07) is 8.68. The summed E-state index contributed by atoms with van der Waals surface area (Å²) in [5, 5.41) is 19.0. The Morgan fingerprint density at radius 3 is 2.73 bits per heavy atom. The lowest BCUT2D eigenvalue weighted by Crippen LogP contribution is -2.48. The van der Waals surface area contributed by atoms with Crippen molar-refractivity contribution < 1.29 is 37.5 Å². The van der Waals surface area contributed by atoms with Crippen molar-refractivity contribution in [2.75, 3.05) is 38.7 Å². The summed E-state index contributed by atoms with van der Waals surface area (Å²) in [4.78, 5) is 17.8. The van der Waals surface area contributed by atoms with Crippen LogP contribution >= 0.6 is 0 Å². The summed E-state index contributed by atoms with van der Waals surface area (Å²) >= 11 is 0. The number of hydrogen-bond donors (Lipinski definition) is 3. The van der Waals surface area contributed by atoms with Crippen LogP contribution in [0, 0.1) is 0 Å². The van der Waals surface area contributed by atoms with Crippen molar-refractivity contribution in [1.82, 2.24) is 9.88 Å². The molecule has 2 aromatic rings. The van der Waals surface area contributed by atoms with Crippen LogP contribution in [-0.2, 0) is 27.8 Å². The number of phenols is 1. The Morgan fingerprint density at radius 1 is 1.30 bits per heavy atom. The molecule has 1 aliphatic rings. The first-order valence-electron chi connectivity index (χ1n) is 10.5. The average molecular weight is 483 g/mol. The molecule has 33 heavy (non-hydrogen) atoms. The van der Waals surface area contributed by atoms with Gasteiger partial charge in [0.25, 0.3) is 10.1 Å². The van der Waals surface area contributed by atoms with Crippen LogP contribution in [0.1, 0.15) is 28.5 Å². The molecule has 1 aromatic carbocycles. The number of aliphatic hydroxyl groups excluding tert-OH is 1. The van der Waals surface area contributed by atoms with Gasteiger partial charge in [-0.05, 0) is 30.7 Å². The summed E-state index contributed by atoms with van der Waals surface area (Å²) < 4.78 is 38.3. The zero-order valence-corrected chi connectivity index (χ0v) is 19.3. The van der Waals surface area contributed by atoms with Crippen LogP contribution in [0.5, 0.6) is 11.5 Å². The molecule has 11 heteroatoms. The van der Waals surface area contributed by atoms with Crippen molar-refractivity contribution >= 4 is 16.4 Å². The van der Waals surface area contributed by atoms with E-state index >= 15 is 0 Å². The third-order valence-corrected chi connectivity index (χ3v) is 5.74. The molecule has 0 saturated carbocycles. The van der Waals surface area contributed by atoms with Crippen LogP contribution < -0.4 is 4.74 Å². The molecule has 1 aliphatic heterocycles. The molecular weight excluding hydrogens is 452 g/mol. The molecule has 0 bridgehead atoms. The van der Waals surface area contributed by atoms with E-state index in [4.69, 9.17) is 14.0 Å². The van der Waals surface area contributed by atoms with Crippen molar-refractivity contribution in [3.63, 3.8) is 0 Å². The smallest absolute Gasteiger partial charge is 0.264 e. The van der Waals surface area contributed by atoms with Gasteiger partial charge < -0.3 is 19.7 Å². The number of morpholine rings is 1.